The van der Waals surface area contributed by atoms with Gasteiger partial charge in [0, 0.05) is 30.6 Å². The van der Waals surface area contributed by atoms with Crippen LogP contribution in [0.1, 0.15) is 30.5 Å². The van der Waals surface area contributed by atoms with Gasteiger partial charge in [-0.15, -0.1) is 0 Å². The van der Waals surface area contributed by atoms with Gasteiger partial charge in [-0.2, -0.15) is 0 Å². The minimum atomic E-state index is -1.05. The zero-order valence-corrected chi connectivity index (χ0v) is 25.6. The summed E-state index contributed by atoms with van der Waals surface area (Å²) in [5, 5.41) is 9.19. The monoisotopic (exact) mass is 610 g/mol. The first kappa shape index (κ1) is 31.5. The summed E-state index contributed by atoms with van der Waals surface area (Å²) in [7, 11) is 1.91. The molecule has 3 aromatic carbocycles. The molecule has 0 saturated carbocycles. The summed E-state index contributed by atoms with van der Waals surface area (Å²) in [6.07, 6.45) is 1.59. The summed E-state index contributed by atoms with van der Waals surface area (Å²) in [5.74, 6) is -1.32. The molecule has 1 aliphatic rings. The van der Waals surface area contributed by atoms with Gasteiger partial charge in [0.05, 0.1) is 12.6 Å². The molecule has 3 N–H and O–H groups in total. The van der Waals surface area contributed by atoms with Crippen molar-refractivity contribution in [2.75, 3.05) is 6.61 Å². The van der Waals surface area contributed by atoms with E-state index in [-0.39, 0.29) is 31.8 Å². The minimum Gasteiger partial charge on any atom is -0.445 e. The smallest absolute Gasteiger partial charge is 0.408 e. The Hall–Kier alpha value is -4.96. The summed E-state index contributed by atoms with van der Waals surface area (Å²) in [4.78, 5) is 53.2. The number of hydrogen-bond donors (Lipinski definition) is 3. The molecule has 2 heterocycles. The maximum absolute atomic E-state index is 13.9. The van der Waals surface area contributed by atoms with E-state index in [4.69, 9.17) is 9.47 Å². The third-order valence-electron chi connectivity index (χ3n) is 7.99. The van der Waals surface area contributed by atoms with Gasteiger partial charge in [-0.3, -0.25) is 14.4 Å². The zero-order valence-electron chi connectivity index (χ0n) is 25.6. The second-order valence-corrected chi connectivity index (χ2v) is 11.6. The van der Waals surface area contributed by atoms with E-state index in [1.165, 1.54) is 6.92 Å². The van der Waals surface area contributed by atoms with Gasteiger partial charge < -0.3 is 30.0 Å². The second kappa shape index (κ2) is 13.8. The molecule has 1 fully saturated rings. The number of nitrogens with zero attached hydrogens (tertiary/aromatic N) is 1. The average molecular weight is 611 g/mol. The molecule has 4 atom stereocenters. The van der Waals surface area contributed by atoms with Crippen molar-refractivity contribution in [2.45, 2.75) is 57.0 Å². The van der Waals surface area contributed by atoms with E-state index >= 15 is 0 Å². The number of ether oxygens (including phenoxy) is 2. The molecule has 1 aliphatic heterocycles. The van der Waals surface area contributed by atoms with Crippen LogP contribution in [0, 0.1) is 0 Å². The third-order valence-corrected chi connectivity index (χ3v) is 7.99. The summed E-state index contributed by atoms with van der Waals surface area (Å²) < 4.78 is 12.6. The number of rotatable bonds is 13. The normalized spacial score (nSPS) is 17.5. The number of amides is 3. The number of aromatic nitrogens is 1. The summed E-state index contributed by atoms with van der Waals surface area (Å²) in [5.41, 5.74) is 2.55. The number of nitrogens with one attached hydrogen (secondary N) is 3. The molecule has 10 nitrogen and oxygen atoms in total. The first-order valence-corrected chi connectivity index (χ1v) is 15.0. The molecular weight excluding hydrogens is 572 g/mol. The molecule has 0 bridgehead atoms. The van der Waals surface area contributed by atoms with Gasteiger partial charge in [-0.05, 0) is 43.0 Å². The molecule has 5 rings (SSSR count). The third kappa shape index (κ3) is 7.96. The highest BCUT2D eigenvalue weighted by Gasteiger charge is 2.50. The zero-order chi connectivity index (χ0) is 32.0. The van der Waals surface area contributed by atoms with Crippen LogP contribution in [-0.4, -0.2) is 58.6 Å². The van der Waals surface area contributed by atoms with Crippen LogP contribution in [0.2, 0.25) is 0 Å². The van der Waals surface area contributed by atoms with Crippen LogP contribution in [0.25, 0.3) is 10.9 Å². The second-order valence-electron chi connectivity index (χ2n) is 11.6. The Kier molecular flexibility index (Phi) is 9.63. The van der Waals surface area contributed by atoms with Crippen LogP contribution in [0.5, 0.6) is 0 Å². The predicted octanol–water partition coefficient (Wildman–Crippen LogP) is 3.61. The van der Waals surface area contributed by atoms with Crippen molar-refractivity contribution >= 4 is 34.6 Å². The van der Waals surface area contributed by atoms with Crippen LogP contribution >= 0.6 is 0 Å². The molecule has 1 saturated heterocycles. The van der Waals surface area contributed by atoms with Crippen molar-refractivity contribution < 1.29 is 28.7 Å². The van der Waals surface area contributed by atoms with Gasteiger partial charge in [0.2, 0.25) is 11.8 Å². The lowest BCUT2D eigenvalue weighted by molar-refractivity contribution is -0.133. The Balaban J connectivity index is 1.33. The van der Waals surface area contributed by atoms with Crippen molar-refractivity contribution in [3.63, 3.8) is 0 Å². The van der Waals surface area contributed by atoms with E-state index in [9.17, 15) is 19.2 Å². The fraction of sp³-hybridized carbons (Fsp3) is 0.314. The van der Waals surface area contributed by atoms with Crippen molar-refractivity contribution in [1.82, 2.24) is 20.5 Å². The lowest BCUT2D eigenvalue weighted by Gasteiger charge is -2.25. The molecule has 0 unspecified atom stereocenters. The van der Waals surface area contributed by atoms with Gasteiger partial charge in [-0.1, -0.05) is 78.9 Å². The van der Waals surface area contributed by atoms with E-state index in [2.05, 4.69) is 16.0 Å². The van der Waals surface area contributed by atoms with Gasteiger partial charge in [0.25, 0.3) is 0 Å². The van der Waals surface area contributed by atoms with E-state index in [1.54, 1.807) is 6.92 Å². The fourth-order valence-corrected chi connectivity index (χ4v) is 5.27. The summed E-state index contributed by atoms with van der Waals surface area (Å²) in [6, 6.07) is 23.5. The maximum Gasteiger partial charge on any atom is 0.408 e. The molecule has 0 radical (unpaired) electrons. The van der Waals surface area contributed by atoms with Crippen molar-refractivity contribution in [3.05, 3.63) is 108 Å². The highest BCUT2D eigenvalue weighted by molar-refractivity contribution is 5.98. The van der Waals surface area contributed by atoms with Crippen LogP contribution in [-0.2, 0) is 50.4 Å². The van der Waals surface area contributed by atoms with Crippen LogP contribution in [0.4, 0.5) is 4.79 Å². The maximum atomic E-state index is 13.9. The quantitative estimate of drug-likeness (QED) is 0.198. The Bertz CT molecular complexity index is 1670. The first-order valence-electron chi connectivity index (χ1n) is 15.0. The predicted molar refractivity (Wildman–Crippen MR) is 169 cm³/mol. The molecule has 0 aliphatic carbocycles. The molecule has 1 aromatic heterocycles. The average Bonchev–Trinajstić information content (AvgIpc) is 3.73. The van der Waals surface area contributed by atoms with Gasteiger partial charge in [0.1, 0.15) is 24.3 Å². The number of fused-ring (bicyclic) bond motifs is 1. The minimum absolute atomic E-state index is 0.0482. The van der Waals surface area contributed by atoms with Gasteiger partial charge in [-0.25, -0.2) is 4.79 Å². The summed E-state index contributed by atoms with van der Waals surface area (Å²) in [6.45, 7) is 3.55. The Labute approximate surface area is 262 Å². The number of ketones is 1. The fourth-order valence-electron chi connectivity index (χ4n) is 5.27. The molecule has 234 valence electrons. The number of alkyl carbamates (subject to hydrolysis) is 1. The molecule has 3 amide bonds. The standard InChI is InChI=1S/C35H38N4O6/c1-23(36-34(43)44-21-25-14-8-5-9-15-25)32(41)38-29(19-26-20-39(3)30-17-11-10-16-27(26)30)33(42)37-28(31(40)35(2)22-45-35)18-24-12-6-4-7-13-24/h4-17,20,23,28-29H,18-19,21-22H2,1-3H3,(H,36,43)(H,37,42)(H,38,41)/t23-,28-,29-,35+/m0/s1. The summed E-state index contributed by atoms with van der Waals surface area (Å²) >= 11 is 0. The van der Waals surface area contributed by atoms with Gasteiger partial charge in [0.15, 0.2) is 5.78 Å². The number of carbonyl (C=O) groups excluding carboxylic acids is 4. The van der Waals surface area contributed by atoms with Crippen molar-refractivity contribution in [1.29, 1.82) is 0 Å². The lowest BCUT2D eigenvalue weighted by atomic mass is 9.94. The van der Waals surface area contributed by atoms with Crippen LogP contribution < -0.4 is 16.0 Å². The number of aryl methyl sites for hydroxylation is 1. The number of benzene rings is 3. The number of Topliss-reactive ketones (excluding diaryl/α,β-unsaturated/α-hetero) is 1. The molecular formula is C35H38N4O6. The Morgan fingerprint density at radius 1 is 0.822 bits per heavy atom. The highest BCUT2D eigenvalue weighted by atomic mass is 16.6. The molecule has 45 heavy (non-hydrogen) atoms. The van der Waals surface area contributed by atoms with Crippen molar-refractivity contribution in [2.24, 2.45) is 7.05 Å². The topological polar surface area (TPSA) is 131 Å². The van der Waals surface area contributed by atoms with Crippen LogP contribution in [0.3, 0.4) is 0 Å². The van der Waals surface area contributed by atoms with E-state index < -0.39 is 41.6 Å². The van der Waals surface area contributed by atoms with E-state index in [0.29, 0.717) is 0 Å². The Morgan fingerprint density at radius 2 is 1.42 bits per heavy atom. The first-order chi connectivity index (χ1) is 21.6. The Morgan fingerprint density at radius 3 is 2.09 bits per heavy atom. The number of para-hydroxylation sites is 1. The molecule has 4 aromatic rings. The van der Waals surface area contributed by atoms with Gasteiger partial charge >= 0.3 is 6.09 Å². The number of epoxide rings is 1. The number of hydrogen-bond acceptors (Lipinski definition) is 6. The molecule has 10 heteroatoms. The van der Waals surface area contributed by atoms with E-state index in [0.717, 1.165) is 27.6 Å². The lowest BCUT2D eigenvalue weighted by Crippen LogP contribution is -2.57. The SMILES string of the molecule is C[C@H](NC(=O)OCc1ccccc1)C(=O)N[C@@H](Cc1cn(C)c2ccccc12)C(=O)N[C@@H](Cc1ccccc1)C(=O)[C@@]1(C)CO1. The highest BCUT2D eigenvalue weighted by Crippen LogP contribution is 2.29. The van der Waals surface area contributed by atoms with Crippen LogP contribution in [0.15, 0.2) is 91.1 Å². The molecule has 0 spiro atoms. The van der Waals surface area contributed by atoms with Crippen molar-refractivity contribution in [3.8, 4) is 0 Å². The largest absolute Gasteiger partial charge is 0.445 e. The number of carbonyl (C=O) groups is 4. The van der Waals surface area contributed by atoms with E-state index in [1.807, 2.05) is 103 Å².